The summed E-state index contributed by atoms with van der Waals surface area (Å²) in [6, 6.07) is 18.3. The number of hydrogen-bond donors (Lipinski definition) is 2. The number of phenolic OH excluding ortho intramolecular Hbond substituents is 1. The Morgan fingerprint density at radius 1 is 1.00 bits per heavy atom. The molecule has 23 heavy (non-hydrogen) atoms. The van der Waals surface area contributed by atoms with E-state index in [0.717, 1.165) is 32.1 Å². The molecule has 0 bridgehead atoms. The third kappa shape index (κ3) is 4.35. The van der Waals surface area contributed by atoms with Crippen LogP contribution in [0, 0.1) is 5.92 Å². The molecule has 2 heteroatoms. The van der Waals surface area contributed by atoms with Crippen molar-refractivity contribution in [3.05, 3.63) is 65.7 Å². The Balaban J connectivity index is 1.75. The molecule has 3 atom stereocenters. The second-order valence-electron chi connectivity index (χ2n) is 6.81. The molecule has 0 saturated heterocycles. The molecule has 122 valence electrons. The molecule has 2 nitrogen and oxygen atoms in total. The quantitative estimate of drug-likeness (QED) is 0.843. The highest BCUT2D eigenvalue weighted by Crippen LogP contribution is 2.39. The van der Waals surface area contributed by atoms with Gasteiger partial charge in [-0.3, -0.25) is 0 Å². The van der Waals surface area contributed by atoms with Gasteiger partial charge >= 0.3 is 0 Å². The molecule has 3 unspecified atom stereocenters. The van der Waals surface area contributed by atoms with E-state index in [4.69, 9.17) is 0 Å². The Hall–Kier alpha value is -1.80. The first kappa shape index (κ1) is 16.1. The van der Waals surface area contributed by atoms with Crippen molar-refractivity contribution in [3.63, 3.8) is 0 Å². The number of aliphatic hydroxyl groups is 1. The lowest BCUT2D eigenvalue weighted by Crippen LogP contribution is -2.25. The maximum atomic E-state index is 10.1. The molecule has 0 aromatic heterocycles. The minimum absolute atomic E-state index is 0.138. The lowest BCUT2D eigenvalue weighted by atomic mass is 9.73. The summed E-state index contributed by atoms with van der Waals surface area (Å²) in [4.78, 5) is 0. The van der Waals surface area contributed by atoms with Crippen LogP contribution in [0.5, 0.6) is 5.75 Å². The largest absolute Gasteiger partial charge is 0.508 e. The first-order valence-electron chi connectivity index (χ1n) is 8.73. The molecule has 0 amide bonds. The summed E-state index contributed by atoms with van der Waals surface area (Å²) in [6.45, 7) is 0. The summed E-state index contributed by atoms with van der Waals surface area (Å²) in [7, 11) is 0. The van der Waals surface area contributed by atoms with Gasteiger partial charge in [-0.15, -0.1) is 0 Å². The molecule has 1 saturated carbocycles. The molecule has 0 heterocycles. The zero-order valence-electron chi connectivity index (χ0n) is 13.6. The van der Waals surface area contributed by atoms with Crippen molar-refractivity contribution in [3.8, 4) is 5.75 Å². The molecular formula is C21H26O2. The van der Waals surface area contributed by atoms with Crippen LogP contribution in [-0.2, 0) is 6.42 Å². The Kier molecular flexibility index (Phi) is 5.35. The van der Waals surface area contributed by atoms with Crippen molar-refractivity contribution in [2.45, 2.75) is 50.5 Å². The van der Waals surface area contributed by atoms with E-state index in [9.17, 15) is 10.2 Å². The SMILES string of the molecule is Oc1cccc(CCC(c2ccccc2)C2CCCC(O)C2)c1. The van der Waals surface area contributed by atoms with E-state index in [1.165, 1.54) is 17.5 Å². The smallest absolute Gasteiger partial charge is 0.115 e. The Morgan fingerprint density at radius 3 is 2.57 bits per heavy atom. The first-order valence-corrected chi connectivity index (χ1v) is 8.73. The minimum Gasteiger partial charge on any atom is -0.508 e. The standard InChI is InChI=1S/C21H26O2/c22-19-10-4-6-16(14-19)12-13-21(17-7-2-1-3-8-17)18-9-5-11-20(23)15-18/h1-4,6-8,10,14,18,20-23H,5,9,11-13,15H2. The van der Waals surface area contributed by atoms with E-state index in [0.29, 0.717) is 17.6 Å². The number of phenols is 1. The number of aliphatic hydroxyl groups excluding tert-OH is 1. The third-order valence-electron chi connectivity index (χ3n) is 5.14. The molecule has 1 fully saturated rings. The average molecular weight is 310 g/mol. The molecule has 1 aliphatic rings. The summed E-state index contributed by atoms with van der Waals surface area (Å²) in [6.07, 6.45) is 6.08. The van der Waals surface area contributed by atoms with Gasteiger partial charge in [0.2, 0.25) is 0 Å². The maximum Gasteiger partial charge on any atom is 0.115 e. The van der Waals surface area contributed by atoms with Gasteiger partial charge in [-0.1, -0.05) is 48.9 Å². The summed E-state index contributed by atoms with van der Waals surface area (Å²) in [5, 5.41) is 19.7. The summed E-state index contributed by atoms with van der Waals surface area (Å²) in [5.41, 5.74) is 2.56. The van der Waals surface area contributed by atoms with E-state index in [-0.39, 0.29) is 6.10 Å². The first-order chi connectivity index (χ1) is 11.2. The number of aromatic hydroxyl groups is 1. The maximum absolute atomic E-state index is 10.1. The fourth-order valence-corrected chi connectivity index (χ4v) is 3.98. The summed E-state index contributed by atoms with van der Waals surface area (Å²) in [5.74, 6) is 1.37. The van der Waals surface area contributed by atoms with Gasteiger partial charge in [-0.25, -0.2) is 0 Å². The van der Waals surface area contributed by atoms with Crippen LogP contribution in [-0.4, -0.2) is 16.3 Å². The van der Waals surface area contributed by atoms with Gasteiger partial charge in [0.05, 0.1) is 6.10 Å². The highest BCUT2D eigenvalue weighted by Gasteiger charge is 2.28. The summed E-state index contributed by atoms with van der Waals surface area (Å²) < 4.78 is 0. The lowest BCUT2D eigenvalue weighted by molar-refractivity contribution is 0.0905. The molecular weight excluding hydrogens is 284 g/mol. The van der Waals surface area contributed by atoms with Gasteiger partial charge in [0.15, 0.2) is 0 Å². The third-order valence-corrected chi connectivity index (χ3v) is 5.14. The van der Waals surface area contributed by atoms with Crippen LogP contribution >= 0.6 is 0 Å². The Bertz CT molecular complexity index is 608. The van der Waals surface area contributed by atoms with Crippen molar-refractivity contribution in [2.24, 2.45) is 5.92 Å². The van der Waals surface area contributed by atoms with Gasteiger partial charge in [0.25, 0.3) is 0 Å². The Labute approximate surface area is 138 Å². The van der Waals surface area contributed by atoms with E-state index in [1.807, 2.05) is 12.1 Å². The highest BCUT2D eigenvalue weighted by atomic mass is 16.3. The molecule has 2 aromatic carbocycles. The van der Waals surface area contributed by atoms with Crippen LogP contribution in [0.3, 0.4) is 0 Å². The number of hydrogen-bond acceptors (Lipinski definition) is 2. The van der Waals surface area contributed by atoms with Crippen molar-refractivity contribution >= 4 is 0 Å². The fraction of sp³-hybridized carbons (Fsp3) is 0.429. The number of benzene rings is 2. The van der Waals surface area contributed by atoms with Crippen LogP contribution in [0.25, 0.3) is 0 Å². The van der Waals surface area contributed by atoms with Gasteiger partial charge < -0.3 is 10.2 Å². The molecule has 3 rings (SSSR count). The molecule has 0 aliphatic heterocycles. The van der Waals surface area contributed by atoms with Crippen LogP contribution in [0.2, 0.25) is 0 Å². The second-order valence-corrected chi connectivity index (χ2v) is 6.81. The van der Waals surface area contributed by atoms with Gasteiger partial charge in [-0.2, -0.15) is 0 Å². The van der Waals surface area contributed by atoms with Gasteiger partial charge in [0.1, 0.15) is 5.75 Å². The van der Waals surface area contributed by atoms with E-state index in [1.54, 1.807) is 6.07 Å². The molecule has 0 radical (unpaired) electrons. The molecule has 1 aliphatic carbocycles. The molecule has 2 N–H and O–H groups in total. The van der Waals surface area contributed by atoms with Crippen LogP contribution in [0.15, 0.2) is 54.6 Å². The lowest BCUT2D eigenvalue weighted by Gasteiger charge is -2.33. The van der Waals surface area contributed by atoms with Crippen molar-refractivity contribution in [1.29, 1.82) is 0 Å². The fourth-order valence-electron chi connectivity index (χ4n) is 3.98. The number of rotatable bonds is 5. The second kappa shape index (κ2) is 7.65. The Morgan fingerprint density at radius 2 is 1.83 bits per heavy atom. The van der Waals surface area contributed by atoms with Crippen molar-refractivity contribution in [2.75, 3.05) is 0 Å². The predicted molar refractivity (Wildman–Crippen MR) is 93.6 cm³/mol. The number of aryl methyl sites for hydroxylation is 1. The summed E-state index contributed by atoms with van der Waals surface area (Å²) >= 11 is 0. The van der Waals surface area contributed by atoms with Gasteiger partial charge in [0, 0.05) is 0 Å². The molecule has 2 aromatic rings. The van der Waals surface area contributed by atoms with Crippen molar-refractivity contribution < 1.29 is 10.2 Å². The average Bonchev–Trinajstić information content (AvgIpc) is 2.56. The zero-order chi connectivity index (χ0) is 16.1. The van der Waals surface area contributed by atoms with E-state index in [2.05, 4.69) is 36.4 Å². The normalized spacial score (nSPS) is 22.7. The zero-order valence-corrected chi connectivity index (χ0v) is 13.6. The van der Waals surface area contributed by atoms with E-state index >= 15 is 0 Å². The predicted octanol–water partition coefficient (Wildman–Crippen LogP) is 4.66. The van der Waals surface area contributed by atoms with Gasteiger partial charge in [-0.05, 0) is 67.2 Å². The van der Waals surface area contributed by atoms with Crippen LogP contribution in [0.4, 0.5) is 0 Å². The molecule has 0 spiro atoms. The van der Waals surface area contributed by atoms with Crippen LogP contribution in [0.1, 0.15) is 49.1 Å². The van der Waals surface area contributed by atoms with Crippen molar-refractivity contribution in [1.82, 2.24) is 0 Å². The minimum atomic E-state index is -0.138. The van der Waals surface area contributed by atoms with Crippen LogP contribution < -0.4 is 0 Å². The highest BCUT2D eigenvalue weighted by molar-refractivity contribution is 5.28. The topological polar surface area (TPSA) is 40.5 Å². The monoisotopic (exact) mass is 310 g/mol. The van der Waals surface area contributed by atoms with E-state index < -0.39 is 0 Å².